The van der Waals surface area contributed by atoms with Gasteiger partial charge >= 0.3 is 0 Å². The highest BCUT2D eigenvalue weighted by molar-refractivity contribution is 7.19. The maximum atomic E-state index is 13.1. The number of rotatable bonds is 7. The van der Waals surface area contributed by atoms with Crippen LogP contribution in [0.2, 0.25) is 0 Å². The van der Waals surface area contributed by atoms with E-state index in [4.69, 9.17) is 9.47 Å². The number of carbonyl (C=O) groups is 1. The van der Waals surface area contributed by atoms with Crippen LogP contribution in [0.25, 0.3) is 15.7 Å². The molecule has 1 N–H and O–H groups in total. The van der Waals surface area contributed by atoms with Gasteiger partial charge in [0.05, 0.1) is 42.5 Å². The molecule has 34 heavy (non-hydrogen) atoms. The van der Waals surface area contributed by atoms with Crippen LogP contribution < -0.4 is 10.1 Å². The highest BCUT2D eigenvalue weighted by Gasteiger charge is 2.32. The van der Waals surface area contributed by atoms with Gasteiger partial charge in [-0.05, 0) is 43.9 Å². The molecule has 4 aromatic heterocycles. The normalized spacial score (nSPS) is 16.4. The molecule has 0 aliphatic heterocycles. The molecule has 0 spiro atoms. The molecule has 178 valence electrons. The Labute approximate surface area is 201 Å². The van der Waals surface area contributed by atoms with Crippen molar-refractivity contribution in [1.29, 1.82) is 0 Å². The molecule has 2 atom stereocenters. The summed E-state index contributed by atoms with van der Waals surface area (Å²) in [5.74, 6) is 1.57. The number of ether oxygens (including phenoxy) is 2. The highest BCUT2D eigenvalue weighted by Crippen LogP contribution is 2.41. The molecule has 1 aliphatic carbocycles. The molecule has 0 radical (unpaired) electrons. The number of amides is 1. The Balaban J connectivity index is 1.45. The minimum Gasteiger partial charge on any atom is -0.493 e. The van der Waals surface area contributed by atoms with Crippen LogP contribution in [0.15, 0.2) is 30.9 Å². The number of thiophene rings is 1. The van der Waals surface area contributed by atoms with Crippen molar-refractivity contribution in [1.82, 2.24) is 24.5 Å². The summed E-state index contributed by atoms with van der Waals surface area (Å²) >= 11 is 1.66. The summed E-state index contributed by atoms with van der Waals surface area (Å²) in [4.78, 5) is 26.2. The molecule has 0 fully saturated rings. The number of aromatic nitrogens is 4. The van der Waals surface area contributed by atoms with E-state index < -0.39 is 0 Å². The molecule has 4 aromatic rings. The molecule has 0 saturated heterocycles. The van der Waals surface area contributed by atoms with Crippen molar-refractivity contribution in [2.24, 2.45) is 5.92 Å². The zero-order valence-corrected chi connectivity index (χ0v) is 20.6. The molecule has 4 heterocycles. The number of nitrogens with one attached hydrogen (secondary N) is 1. The van der Waals surface area contributed by atoms with E-state index in [1.165, 1.54) is 10.4 Å². The lowest BCUT2D eigenvalue weighted by Gasteiger charge is -2.30. The molecular formula is C24H28N6O3S. The van der Waals surface area contributed by atoms with E-state index in [-0.39, 0.29) is 17.9 Å². The highest BCUT2D eigenvalue weighted by atomic mass is 32.1. The topological polar surface area (TPSA) is 93.9 Å². The summed E-state index contributed by atoms with van der Waals surface area (Å²) < 4.78 is 12.6. The summed E-state index contributed by atoms with van der Waals surface area (Å²) in [5, 5.41) is 8.77. The van der Waals surface area contributed by atoms with Crippen LogP contribution in [0.4, 0.5) is 11.5 Å². The number of likely N-dealkylation sites (N-methyl/N-ethyl adjacent to an activating group) is 1. The Morgan fingerprint density at radius 2 is 2.24 bits per heavy atom. The van der Waals surface area contributed by atoms with E-state index in [0.717, 1.165) is 46.5 Å². The minimum atomic E-state index is -0.0291. The number of pyridine rings is 1. The monoisotopic (exact) mass is 480 g/mol. The molecule has 0 saturated carbocycles. The van der Waals surface area contributed by atoms with Crippen molar-refractivity contribution in [3.05, 3.63) is 41.3 Å². The van der Waals surface area contributed by atoms with Crippen molar-refractivity contribution < 1.29 is 14.3 Å². The molecule has 0 unspecified atom stereocenters. The van der Waals surface area contributed by atoms with Crippen LogP contribution in [0.3, 0.4) is 0 Å². The predicted octanol–water partition coefficient (Wildman–Crippen LogP) is 3.69. The number of methoxy groups -OCH3 is 2. The quantitative estimate of drug-likeness (QED) is 0.431. The second-order valence-electron chi connectivity index (χ2n) is 8.68. The Hall–Kier alpha value is -3.24. The first-order chi connectivity index (χ1) is 16.5. The number of carbonyl (C=O) groups excluding carboxylic acids is 1. The van der Waals surface area contributed by atoms with E-state index in [1.54, 1.807) is 42.6 Å². The average Bonchev–Trinajstić information content (AvgIpc) is 3.46. The van der Waals surface area contributed by atoms with Gasteiger partial charge in [0.1, 0.15) is 17.0 Å². The summed E-state index contributed by atoms with van der Waals surface area (Å²) in [7, 11) is 5.17. The summed E-state index contributed by atoms with van der Waals surface area (Å²) in [6, 6.07) is 3.98. The second-order valence-corrected chi connectivity index (χ2v) is 9.76. The first-order valence-corrected chi connectivity index (χ1v) is 12.1. The number of nitrogens with zero attached hydrogens (tertiary/aromatic N) is 5. The minimum absolute atomic E-state index is 0.0291. The van der Waals surface area contributed by atoms with Gasteiger partial charge in [-0.25, -0.2) is 14.5 Å². The number of anilines is 2. The third-order valence-electron chi connectivity index (χ3n) is 6.58. The zero-order chi connectivity index (χ0) is 23.8. The molecular weight excluding hydrogens is 452 g/mol. The van der Waals surface area contributed by atoms with Crippen molar-refractivity contribution in [3.63, 3.8) is 0 Å². The van der Waals surface area contributed by atoms with Crippen molar-refractivity contribution in [2.45, 2.75) is 32.2 Å². The van der Waals surface area contributed by atoms with E-state index in [9.17, 15) is 4.79 Å². The Kier molecular flexibility index (Phi) is 6.09. The Morgan fingerprint density at radius 1 is 1.38 bits per heavy atom. The van der Waals surface area contributed by atoms with Crippen LogP contribution >= 0.6 is 11.3 Å². The van der Waals surface area contributed by atoms with Gasteiger partial charge in [0.2, 0.25) is 5.91 Å². The fraction of sp³-hybridized carbons (Fsp3) is 0.417. The molecule has 5 rings (SSSR count). The lowest BCUT2D eigenvalue weighted by atomic mass is 9.86. The lowest BCUT2D eigenvalue weighted by molar-refractivity contribution is -0.137. The van der Waals surface area contributed by atoms with Gasteiger partial charge in [-0.15, -0.1) is 11.3 Å². The largest absolute Gasteiger partial charge is 0.493 e. The molecule has 10 heteroatoms. The lowest BCUT2D eigenvalue weighted by Crippen LogP contribution is -2.42. The fourth-order valence-electron chi connectivity index (χ4n) is 4.61. The van der Waals surface area contributed by atoms with E-state index in [0.29, 0.717) is 12.4 Å². The van der Waals surface area contributed by atoms with Crippen molar-refractivity contribution in [3.8, 4) is 5.75 Å². The number of hydrogen-bond donors (Lipinski definition) is 1. The summed E-state index contributed by atoms with van der Waals surface area (Å²) in [6.45, 7) is 2.54. The first kappa shape index (κ1) is 22.5. The van der Waals surface area contributed by atoms with Gasteiger partial charge < -0.3 is 19.7 Å². The third-order valence-corrected chi connectivity index (χ3v) is 7.74. The maximum absolute atomic E-state index is 13.1. The van der Waals surface area contributed by atoms with E-state index in [1.807, 2.05) is 37.2 Å². The maximum Gasteiger partial charge on any atom is 0.226 e. The van der Waals surface area contributed by atoms with Gasteiger partial charge in [0.25, 0.3) is 0 Å². The number of fused-ring (bicyclic) bond motifs is 4. The number of aryl methyl sites for hydroxylation is 1. The molecule has 1 amide bonds. The van der Waals surface area contributed by atoms with Gasteiger partial charge in [-0.3, -0.25) is 4.79 Å². The Morgan fingerprint density at radius 3 is 3.03 bits per heavy atom. The van der Waals surface area contributed by atoms with Crippen molar-refractivity contribution in [2.75, 3.05) is 33.2 Å². The SMILES string of the molecule is COC[C@H](C)N(C)C(=O)[C@H]1CCc2c(sc3ncnc(Nc4cc5ccnn5cc4OC)c23)C1. The van der Waals surface area contributed by atoms with E-state index in [2.05, 4.69) is 20.4 Å². The average molecular weight is 481 g/mol. The second kappa shape index (κ2) is 9.19. The van der Waals surface area contributed by atoms with Crippen LogP contribution in [0.1, 0.15) is 23.8 Å². The van der Waals surface area contributed by atoms with Gasteiger partial charge in [0, 0.05) is 31.1 Å². The van der Waals surface area contributed by atoms with Crippen LogP contribution in [0.5, 0.6) is 5.75 Å². The smallest absolute Gasteiger partial charge is 0.226 e. The first-order valence-electron chi connectivity index (χ1n) is 11.3. The summed E-state index contributed by atoms with van der Waals surface area (Å²) in [5.41, 5.74) is 3.01. The number of hydrogen-bond acceptors (Lipinski definition) is 8. The van der Waals surface area contributed by atoms with E-state index >= 15 is 0 Å². The van der Waals surface area contributed by atoms with Crippen LogP contribution in [-0.2, 0) is 22.4 Å². The van der Waals surface area contributed by atoms with Crippen LogP contribution in [-0.4, -0.2) is 64.3 Å². The fourth-order valence-corrected chi connectivity index (χ4v) is 5.88. The molecule has 9 nitrogen and oxygen atoms in total. The van der Waals surface area contributed by atoms with Crippen molar-refractivity contribution >= 4 is 44.5 Å². The molecule has 0 bridgehead atoms. The standard InChI is InChI=1S/C24H28N6O3S/c1-14(12-32-3)29(2)24(31)15-5-6-17-20(9-15)34-23-21(17)22(25-13-26-23)28-18-10-16-7-8-27-30(16)11-19(18)33-4/h7-8,10-11,13-15H,5-6,9,12H2,1-4H3,(H,25,26,28)/t14-,15-/m0/s1. The Bertz CT molecular complexity index is 1350. The van der Waals surface area contributed by atoms with Gasteiger partial charge in [-0.2, -0.15) is 5.10 Å². The van der Waals surface area contributed by atoms with Gasteiger partial charge in [0.15, 0.2) is 5.75 Å². The zero-order valence-electron chi connectivity index (χ0n) is 19.7. The molecule has 0 aromatic carbocycles. The molecule has 1 aliphatic rings. The van der Waals surface area contributed by atoms with Gasteiger partial charge in [-0.1, -0.05) is 0 Å². The third kappa shape index (κ3) is 3.97. The van der Waals surface area contributed by atoms with Crippen LogP contribution in [0, 0.1) is 5.92 Å². The predicted molar refractivity (Wildman–Crippen MR) is 132 cm³/mol. The summed E-state index contributed by atoms with van der Waals surface area (Å²) in [6.07, 6.45) is 7.53.